The molecule has 16 heavy (non-hydrogen) atoms. The predicted molar refractivity (Wildman–Crippen MR) is 65.8 cm³/mol. The first-order valence-electron chi connectivity index (χ1n) is 5.85. The largest absolute Gasteiger partial charge is 0.391 e. The van der Waals surface area contributed by atoms with Crippen LogP contribution in [0.5, 0.6) is 0 Å². The molecule has 0 saturated carbocycles. The molecule has 2 unspecified atom stereocenters. The number of ether oxygens (including phenoxy) is 3. The molecule has 0 aromatic rings. The van der Waals surface area contributed by atoms with E-state index in [2.05, 4.69) is 6.92 Å². The Bertz CT molecular complexity index is 118. The van der Waals surface area contributed by atoms with E-state index in [-0.39, 0.29) is 12.2 Å². The van der Waals surface area contributed by atoms with Crippen molar-refractivity contribution in [1.82, 2.24) is 0 Å². The van der Waals surface area contributed by atoms with Gasteiger partial charge in [0.25, 0.3) is 0 Å². The molecule has 0 fully saturated rings. The van der Waals surface area contributed by atoms with Gasteiger partial charge < -0.3 is 19.3 Å². The average Bonchev–Trinajstić information content (AvgIpc) is 2.25. The minimum absolute atomic E-state index is 0.227. The molecule has 0 rings (SSSR count). The summed E-state index contributed by atoms with van der Waals surface area (Å²) < 4.78 is 14.7. The van der Waals surface area contributed by atoms with Crippen LogP contribution in [0.3, 0.4) is 0 Å². The quantitative estimate of drug-likeness (QED) is 0.653. The Morgan fingerprint density at radius 3 is 2.06 bits per heavy atom. The highest BCUT2D eigenvalue weighted by atomic mass is 16.5. The fourth-order valence-electron chi connectivity index (χ4n) is 0.803. The number of methoxy groups -OCH3 is 2. The van der Waals surface area contributed by atoms with E-state index < -0.39 is 0 Å². The van der Waals surface area contributed by atoms with E-state index in [4.69, 9.17) is 19.3 Å². The monoisotopic (exact) mass is 236 g/mol. The van der Waals surface area contributed by atoms with Crippen LogP contribution in [0.4, 0.5) is 0 Å². The first-order valence-corrected chi connectivity index (χ1v) is 5.85. The molecule has 2 atom stereocenters. The van der Waals surface area contributed by atoms with Crippen molar-refractivity contribution >= 4 is 0 Å². The lowest BCUT2D eigenvalue weighted by Crippen LogP contribution is -2.11. The van der Waals surface area contributed by atoms with Crippen molar-refractivity contribution in [2.75, 3.05) is 34.0 Å². The Balaban J connectivity index is 0. The van der Waals surface area contributed by atoms with Crippen LogP contribution in [0.25, 0.3) is 0 Å². The van der Waals surface area contributed by atoms with Gasteiger partial charge in [-0.15, -0.1) is 0 Å². The van der Waals surface area contributed by atoms with Gasteiger partial charge in [0.05, 0.1) is 25.4 Å². The van der Waals surface area contributed by atoms with Crippen LogP contribution < -0.4 is 0 Å². The summed E-state index contributed by atoms with van der Waals surface area (Å²) in [7, 11) is 3.33. The summed E-state index contributed by atoms with van der Waals surface area (Å²) in [5, 5.41) is 8.73. The number of aliphatic hydroxyl groups excluding tert-OH is 1. The highest BCUT2D eigenvalue weighted by molar-refractivity contribution is 4.41. The van der Waals surface area contributed by atoms with E-state index in [1.807, 2.05) is 6.92 Å². The van der Waals surface area contributed by atoms with Gasteiger partial charge in [0.2, 0.25) is 0 Å². The highest BCUT2D eigenvalue weighted by Gasteiger charge is 1.93. The molecule has 0 aromatic heterocycles. The number of aliphatic hydroxyl groups is 1. The van der Waals surface area contributed by atoms with Gasteiger partial charge >= 0.3 is 0 Å². The third kappa shape index (κ3) is 19.4. The molecule has 0 heterocycles. The van der Waals surface area contributed by atoms with E-state index in [1.54, 1.807) is 21.1 Å². The van der Waals surface area contributed by atoms with E-state index in [1.165, 1.54) is 0 Å². The van der Waals surface area contributed by atoms with Gasteiger partial charge in [-0.1, -0.05) is 13.3 Å². The molecule has 4 nitrogen and oxygen atoms in total. The molecule has 0 aromatic carbocycles. The van der Waals surface area contributed by atoms with Crippen LogP contribution >= 0.6 is 0 Å². The summed E-state index contributed by atoms with van der Waals surface area (Å²) in [6.07, 6.45) is 2.15. The maximum atomic E-state index is 8.73. The molecular weight excluding hydrogens is 208 g/mol. The minimum atomic E-state index is -0.318. The second-order valence-corrected chi connectivity index (χ2v) is 3.78. The van der Waals surface area contributed by atoms with Gasteiger partial charge in [-0.25, -0.2) is 0 Å². The average molecular weight is 236 g/mol. The SMILES string of the molecule is CCCCOCC(C)O.COCC(C)OC. The lowest BCUT2D eigenvalue weighted by molar-refractivity contribution is 0.0401. The molecule has 0 aliphatic rings. The number of hydrogen-bond acceptors (Lipinski definition) is 4. The van der Waals surface area contributed by atoms with Crippen molar-refractivity contribution in [2.45, 2.75) is 45.8 Å². The third-order valence-electron chi connectivity index (χ3n) is 1.81. The van der Waals surface area contributed by atoms with Crippen LogP contribution in [-0.4, -0.2) is 51.4 Å². The lowest BCUT2D eigenvalue weighted by atomic mass is 10.4. The molecular formula is C12H28O4. The summed E-state index contributed by atoms with van der Waals surface area (Å²) in [5.74, 6) is 0. The maximum absolute atomic E-state index is 8.73. The van der Waals surface area contributed by atoms with Gasteiger partial charge in [-0.3, -0.25) is 0 Å². The van der Waals surface area contributed by atoms with Crippen LogP contribution in [0.2, 0.25) is 0 Å². The second kappa shape index (κ2) is 14.8. The van der Waals surface area contributed by atoms with Crippen molar-refractivity contribution in [3.63, 3.8) is 0 Å². The van der Waals surface area contributed by atoms with Gasteiger partial charge in [0.1, 0.15) is 0 Å². The van der Waals surface area contributed by atoms with Gasteiger partial charge in [0, 0.05) is 20.8 Å². The molecule has 0 amide bonds. The molecule has 1 N–H and O–H groups in total. The molecule has 0 bridgehead atoms. The Hall–Kier alpha value is -0.160. The first-order chi connectivity index (χ1) is 7.58. The Kier molecular flexibility index (Phi) is 16.9. The Morgan fingerprint density at radius 1 is 1.12 bits per heavy atom. The van der Waals surface area contributed by atoms with Crippen LogP contribution in [0, 0.1) is 0 Å². The molecule has 0 spiro atoms. The molecule has 0 radical (unpaired) electrons. The molecule has 0 aliphatic carbocycles. The Morgan fingerprint density at radius 2 is 1.75 bits per heavy atom. The number of hydrogen-bond donors (Lipinski definition) is 1. The van der Waals surface area contributed by atoms with Crippen molar-refractivity contribution < 1.29 is 19.3 Å². The normalized spacial score (nSPS) is 13.9. The minimum Gasteiger partial charge on any atom is -0.391 e. The summed E-state index contributed by atoms with van der Waals surface area (Å²) in [4.78, 5) is 0. The zero-order chi connectivity index (χ0) is 12.8. The topological polar surface area (TPSA) is 47.9 Å². The van der Waals surface area contributed by atoms with E-state index in [9.17, 15) is 0 Å². The lowest BCUT2D eigenvalue weighted by Gasteiger charge is -2.05. The Labute approximate surface area is 99.9 Å². The maximum Gasteiger partial charge on any atom is 0.0776 e. The van der Waals surface area contributed by atoms with Crippen LogP contribution in [0.1, 0.15) is 33.6 Å². The first kappa shape index (κ1) is 18.2. The summed E-state index contributed by atoms with van der Waals surface area (Å²) in [5.41, 5.74) is 0. The number of unbranched alkanes of at least 4 members (excludes halogenated alkanes) is 1. The third-order valence-corrected chi connectivity index (χ3v) is 1.81. The fourth-order valence-corrected chi connectivity index (χ4v) is 0.803. The summed E-state index contributed by atoms with van der Waals surface area (Å²) in [6, 6.07) is 0. The van der Waals surface area contributed by atoms with Crippen LogP contribution in [0.15, 0.2) is 0 Å². The number of rotatable bonds is 8. The van der Waals surface area contributed by atoms with E-state index in [0.29, 0.717) is 13.2 Å². The molecule has 100 valence electrons. The standard InChI is InChI=1S/C7H16O2.C5H12O2/c1-3-4-5-9-6-7(2)8;1-5(7-3)4-6-2/h7-8H,3-6H2,1-2H3;5H,4H2,1-3H3. The van der Waals surface area contributed by atoms with Gasteiger partial charge in [-0.2, -0.15) is 0 Å². The fraction of sp³-hybridized carbons (Fsp3) is 1.00. The highest BCUT2D eigenvalue weighted by Crippen LogP contribution is 1.89. The molecule has 4 heteroatoms. The zero-order valence-corrected chi connectivity index (χ0v) is 11.4. The zero-order valence-electron chi connectivity index (χ0n) is 11.4. The van der Waals surface area contributed by atoms with Crippen molar-refractivity contribution in [3.8, 4) is 0 Å². The summed E-state index contributed by atoms with van der Waals surface area (Å²) in [6.45, 7) is 7.74. The van der Waals surface area contributed by atoms with E-state index >= 15 is 0 Å². The van der Waals surface area contributed by atoms with Gasteiger partial charge in [0.15, 0.2) is 0 Å². The summed E-state index contributed by atoms with van der Waals surface area (Å²) >= 11 is 0. The predicted octanol–water partition coefficient (Wildman–Crippen LogP) is 1.85. The van der Waals surface area contributed by atoms with Crippen molar-refractivity contribution in [2.24, 2.45) is 0 Å². The second-order valence-electron chi connectivity index (χ2n) is 3.78. The molecule has 0 aliphatic heterocycles. The van der Waals surface area contributed by atoms with Crippen LogP contribution in [-0.2, 0) is 14.2 Å². The smallest absolute Gasteiger partial charge is 0.0776 e. The van der Waals surface area contributed by atoms with E-state index in [0.717, 1.165) is 19.4 Å². The molecule has 0 saturated heterocycles. The van der Waals surface area contributed by atoms with Crippen molar-refractivity contribution in [1.29, 1.82) is 0 Å². The van der Waals surface area contributed by atoms with Gasteiger partial charge in [-0.05, 0) is 20.3 Å². The van der Waals surface area contributed by atoms with Crippen molar-refractivity contribution in [3.05, 3.63) is 0 Å².